The molecule has 0 aliphatic carbocycles. The van der Waals surface area contributed by atoms with Crippen LogP contribution < -0.4 is 14.4 Å². The molecule has 8 nitrogen and oxygen atoms in total. The Morgan fingerprint density at radius 3 is 1.91 bits per heavy atom. The average Bonchev–Trinajstić information content (AvgIpc) is 2.99. The molecular formula is C35H39N3O5S. The first-order chi connectivity index (χ1) is 20.8. The van der Waals surface area contributed by atoms with Crippen LogP contribution in [0.1, 0.15) is 38.8 Å². The molecule has 0 aliphatic heterocycles. The fourth-order valence-corrected chi connectivity index (χ4v) is 5.92. The Morgan fingerprint density at radius 1 is 0.795 bits per heavy atom. The van der Waals surface area contributed by atoms with Crippen molar-refractivity contribution in [2.45, 2.75) is 57.6 Å². The minimum Gasteiger partial charge on any atom is -0.457 e. The molecule has 0 aliphatic rings. The van der Waals surface area contributed by atoms with Crippen molar-refractivity contribution in [3.8, 4) is 11.5 Å². The molecule has 0 heterocycles. The molecule has 44 heavy (non-hydrogen) atoms. The van der Waals surface area contributed by atoms with Gasteiger partial charge >= 0.3 is 0 Å². The zero-order chi connectivity index (χ0) is 31.9. The van der Waals surface area contributed by atoms with E-state index in [0.717, 1.165) is 15.4 Å². The molecule has 2 amide bonds. The molecule has 0 unspecified atom stereocenters. The van der Waals surface area contributed by atoms with Crippen LogP contribution in [0.5, 0.6) is 11.5 Å². The van der Waals surface area contributed by atoms with Gasteiger partial charge in [-0.3, -0.25) is 13.9 Å². The SMILES string of the molecule is Cc1ccc(S(=O)(=O)N(CC(=O)N(Cc2ccccc2)[C@H](C)C(=O)NC(C)(C)C)c2ccc(Oc3ccccc3)cc2)cc1. The van der Waals surface area contributed by atoms with Gasteiger partial charge in [0.15, 0.2) is 0 Å². The number of para-hydroxylation sites is 1. The number of hydrogen-bond acceptors (Lipinski definition) is 5. The van der Waals surface area contributed by atoms with Crippen LogP contribution in [-0.2, 0) is 26.2 Å². The summed E-state index contributed by atoms with van der Waals surface area (Å²) in [5, 5.41) is 2.93. The summed E-state index contributed by atoms with van der Waals surface area (Å²) in [6, 6.07) is 30.7. The maximum absolute atomic E-state index is 14.1. The number of rotatable bonds is 11. The first-order valence-electron chi connectivity index (χ1n) is 14.4. The number of hydrogen-bond donors (Lipinski definition) is 1. The van der Waals surface area contributed by atoms with E-state index >= 15 is 0 Å². The van der Waals surface area contributed by atoms with Crippen molar-refractivity contribution in [2.24, 2.45) is 0 Å². The highest BCUT2D eigenvalue weighted by Gasteiger charge is 2.33. The summed E-state index contributed by atoms with van der Waals surface area (Å²) in [5.41, 5.74) is 1.48. The van der Waals surface area contributed by atoms with Gasteiger partial charge in [-0.25, -0.2) is 8.42 Å². The van der Waals surface area contributed by atoms with Gasteiger partial charge in [-0.05, 0) is 88.7 Å². The van der Waals surface area contributed by atoms with E-state index in [1.165, 1.54) is 17.0 Å². The van der Waals surface area contributed by atoms with E-state index in [0.29, 0.717) is 11.5 Å². The van der Waals surface area contributed by atoms with E-state index in [2.05, 4.69) is 5.32 Å². The Kier molecular flexibility index (Phi) is 10.1. The molecule has 1 atom stereocenters. The smallest absolute Gasteiger partial charge is 0.264 e. The zero-order valence-electron chi connectivity index (χ0n) is 25.7. The van der Waals surface area contributed by atoms with Crippen molar-refractivity contribution in [3.63, 3.8) is 0 Å². The first-order valence-corrected chi connectivity index (χ1v) is 15.9. The monoisotopic (exact) mass is 613 g/mol. The second-order valence-corrected chi connectivity index (χ2v) is 13.5. The Balaban J connectivity index is 1.70. The van der Waals surface area contributed by atoms with Crippen LogP contribution in [0, 0.1) is 6.92 Å². The molecule has 0 radical (unpaired) electrons. The second-order valence-electron chi connectivity index (χ2n) is 11.7. The number of benzene rings is 4. The first kappa shape index (κ1) is 32.3. The van der Waals surface area contributed by atoms with Gasteiger partial charge < -0.3 is 15.0 Å². The number of aryl methyl sites for hydroxylation is 1. The van der Waals surface area contributed by atoms with Crippen molar-refractivity contribution in [2.75, 3.05) is 10.8 Å². The Hall–Kier alpha value is -4.63. The van der Waals surface area contributed by atoms with Gasteiger partial charge in [0.1, 0.15) is 24.1 Å². The summed E-state index contributed by atoms with van der Waals surface area (Å²) in [6.45, 7) is 8.72. The van der Waals surface area contributed by atoms with E-state index in [1.54, 1.807) is 43.3 Å². The van der Waals surface area contributed by atoms with E-state index in [-0.39, 0.29) is 23.0 Å². The van der Waals surface area contributed by atoms with E-state index < -0.39 is 34.1 Å². The number of amides is 2. The van der Waals surface area contributed by atoms with Gasteiger partial charge in [-0.15, -0.1) is 0 Å². The van der Waals surface area contributed by atoms with Gasteiger partial charge in [-0.1, -0.05) is 66.2 Å². The molecule has 0 saturated heterocycles. The number of carbonyl (C=O) groups excluding carboxylic acids is 2. The topological polar surface area (TPSA) is 96.0 Å². The Morgan fingerprint density at radius 2 is 1.34 bits per heavy atom. The minimum atomic E-state index is -4.17. The van der Waals surface area contributed by atoms with Crippen LogP contribution in [-0.4, -0.2) is 43.3 Å². The summed E-state index contributed by atoms with van der Waals surface area (Å²) in [5.74, 6) is 0.290. The van der Waals surface area contributed by atoms with E-state index in [9.17, 15) is 18.0 Å². The lowest BCUT2D eigenvalue weighted by Gasteiger charge is -2.33. The molecule has 230 valence electrons. The second kappa shape index (κ2) is 13.8. The summed E-state index contributed by atoms with van der Waals surface area (Å²) in [6.07, 6.45) is 0. The van der Waals surface area contributed by atoms with Crippen molar-refractivity contribution < 1.29 is 22.7 Å². The molecule has 4 rings (SSSR count). The lowest BCUT2D eigenvalue weighted by atomic mass is 10.1. The highest BCUT2D eigenvalue weighted by molar-refractivity contribution is 7.92. The highest BCUT2D eigenvalue weighted by atomic mass is 32.2. The molecule has 4 aromatic carbocycles. The molecule has 0 bridgehead atoms. The van der Waals surface area contributed by atoms with Crippen LogP contribution in [0.25, 0.3) is 0 Å². The summed E-state index contributed by atoms with van der Waals surface area (Å²) in [7, 11) is -4.17. The standard InChI is InChI=1S/C35H39N3O5S/c1-26-16-22-32(23-17-26)44(41,42)38(29-18-20-31(21-19-29)43-30-14-10-7-11-15-30)25-33(39)37(24-28-12-8-6-9-13-28)27(2)34(40)36-35(3,4)5/h6-23,27H,24-25H2,1-5H3,(H,36,40)/t27-/m1/s1. The Labute approximate surface area is 260 Å². The van der Waals surface area contributed by atoms with Crippen LogP contribution >= 0.6 is 0 Å². The van der Waals surface area contributed by atoms with Crippen LogP contribution in [0.4, 0.5) is 5.69 Å². The molecule has 0 fully saturated rings. The van der Waals surface area contributed by atoms with Crippen LogP contribution in [0.2, 0.25) is 0 Å². The summed E-state index contributed by atoms with van der Waals surface area (Å²) < 4.78 is 35.1. The van der Waals surface area contributed by atoms with Crippen LogP contribution in [0.3, 0.4) is 0 Å². The molecule has 0 spiro atoms. The van der Waals surface area contributed by atoms with E-state index in [4.69, 9.17) is 4.74 Å². The highest BCUT2D eigenvalue weighted by Crippen LogP contribution is 2.29. The third kappa shape index (κ3) is 8.48. The third-order valence-electron chi connectivity index (χ3n) is 6.85. The fourth-order valence-electron chi connectivity index (χ4n) is 4.51. The summed E-state index contributed by atoms with van der Waals surface area (Å²) >= 11 is 0. The lowest BCUT2D eigenvalue weighted by molar-refractivity contribution is -0.140. The number of nitrogens with one attached hydrogen (secondary N) is 1. The van der Waals surface area contributed by atoms with Crippen LogP contribution in [0.15, 0.2) is 114 Å². The molecular weight excluding hydrogens is 574 g/mol. The zero-order valence-corrected chi connectivity index (χ0v) is 26.5. The van der Waals surface area contributed by atoms with Crippen molar-refractivity contribution in [1.82, 2.24) is 10.2 Å². The van der Waals surface area contributed by atoms with Crippen molar-refractivity contribution in [3.05, 3.63) is 120 Å². The largest absolute Gasteiger partial charge is 0.457 e. The molecule has 0 saturated carbocycles. The Bertz CT molecular complexity index is 1650. The maximum atomic E-state index is 14.1. The van der Waals surface area contributed by atoms with Gasteiger partial charge in [-0.2, -0.15) is 0 Å². The quantitative estimate of drug-likeness (QED) is 0.214. The fraction of sp³-hybridized carbons (Fsp3) is 0.257. The van der Waals surface area contributed by atoms with Crippen molar-refractivity contribution in [1.29, 1.82) is 0 Å². The maximum Gasteiger partial charge on any atom is 0.264 e. The number of ether oxygens (including phenoxy) is 1. The van der Waals surface area contributed by atoms with Gasteiger partial charge in [0.05, 0.1) is 10.6 Å². The number of sulfonamides is 1. The number of nitrogens with zero attached hydrogens (tertiary/aromatic N) is 2. The summed E-state index contributed by atoms with van der Waals surface area (Å²) in [4.78, 5) is 28.8. The molecule has 1 N–H and O–H groups in total. The van der Waals surface area contributed by atoms with E-state index in [1.807, 2.05) is 88.4 Å². The molecule has 9 heteroatoms. The number of anilines is 1. The lowest BCUT2D eigenvalue weighted by Crippen LogP contribution is -2.54. The average molecular weight is 614 g/mol. The minimum absolute atomic E-state index is 0.0497. The predicted molar refractivity (Wildman–Crippen MR) is 173 cm³/mol. The van der Waals surface area contributed by atoms with Gasteiger partial charge in [0, 0.05) is 12.1 Å². The van der Waals surface area contributed by atoms with Crippen molar-refractivity contribution >= 4 is 27.5 Å². The third-order valence-corrected chi connectivity index (χ3v) is 8.64. The molecule has 4 aromatic rings. The normalized spacial score (nSPS) is 12.2. The van der Waals surface area contributed by atoms with Gasteiger partial charge in [0.2, 0.25) is 11.8 Å². The number of carbonyl (C=O) groups is 2. The molecule has 0 aromatic heterocycles. The predicted octanol–water partition coefficient (Wildman–Crippen LogP) is 6.31. The van der Waals surface area contributed by atoms with Gasteiger partial charge in [0.25, 0.3) is 10.0 Å².